The van der Waals surface area contributed by atoms with Crippen molar-refractivity contribution in [2.45, 2.75) is 39.7 Å². The van der Waals surface area contributed by atoms with E-state index in [9.17, 15) is 4.79 Å². The Morgan fingerprint density at radius 1 is 1.39 bits per heavy atom. The first-order valence-corrected chi connectivity index (χ1v) is 10.1. The third kappa shape index (κ3) is 5.62. The van der Waals surface area contributed by atoms with Crippen LogP contribution in [0.3, 0.4) is 0 Å². The van der Waals surface area contributed by atoms with Gasteiger partial charge in [0.05, 0.1) is 12.5 Å². The first kappa shape index (κ1) is 20.5. The summed E-state index contributed by atoms with van der Waals surface area (Å²) in [6.07, 6.45) is 2.77. The highest BCUT2D eigenvalue weighted by atomic mass is 16.5. The number of piperidine rings is 1. The summed E-state index contributed by atoms with van der Waals surface area (Å²) in [7, 11) is 0. The third-order valence-electron chi connectivity index (χ3n) is 5.06. The van der Waals surface area contributed by atoms with Crippen molar-refractivity contribution in [3.8, 4) is 11.4 Å². The molecule has 7 heteroatoms. The van der Waals surface area contributed by atoms with Crippen LogP contribution in [0, 0.1) is 12.8 Å². The second-order valence-electron chi connectivity index (χ2n) is 7.24. The Balaban J connectivity index is 1.50. The summed E-state index contributed by atoms with van der Waals surface area (Å²) < 4.78 is 10.8. The van der Waals surface area contributed by atoms with E-state index < -0.39 is 0 Å². The molecule has 152 valence electrons. The standard InChI is InChI=1S/C21H30N4O3/c1-3-27-13-7-11-22-21(26)17-9-6-12-25(14-17)15-19-23-20(24-28-19)18-10-5-4-8-16(18)2/h4-5,8,10,17H,3,6-7,9,11-15H2,1-2H3,(H,22,26). The average molecular weight is 386 g/mol. The van der Waals surface area contributed by atoms with Crippen molar-refractivity contribution in [3.63, 3.8) is 0 Å². The van der Waals surface area contributed by atoms with Gasteiger partial charge in [-0.1, -0.05) is 29.4 Å². The molecule has 1 N–H and O–H groups in total. The molecule has 2 aromatic rings. The molecule has 0 radical (unpaired) electrons. The number of amides is 1. The zero-order valence-electron chi connectivity index (χ0n) is 16.8. The van der Waals surface area contributed by atoms with Crippen LogP contribution in [0.25, 0.3) is 11.4 Å². The highest BCUT2D eigenvalue weighted by Gasteiger charge is 2.26. The number of nitrogens with one attached hydrogen (secondary N) is 1. The van der Waals surface area contributed by atoms with Crippen LogP contribution in [0.5, 0.6) is 0 Å². The van der Waals surface area contributed by atoms with Crippen LogP contribution >= 0.6 is 0 Å². The fourth-order valence-corrected chi connectivity index (χ4v) is 3.53. The minimum atomic E-state index is 0.0135. The van der Waals surface area contributed by atoms with Gasteiger partial charge in [0.2, 0.25) is 17.6 Å². The van der Waals surface area contributed by atoms with E-state index in [-0.39, 0.29) is 11.8 Å². The molecule has 1 amide bonds. The molecule has 0 aliphatic carbocycles. The summed E-state index contributed by atoms with van der Waals surface area (Å²) in [5.74, 6) is 1.36. The van der Waals surface area contributed by atoms with Crippen molar-refractivity contribution >= 4 is 5.91 Å². The predicted molar refractivity (Wildman–Crippen MR) is 107 cm³/mol. The van der Waals surface area contributed by atoms with Crippen LogP contribution in [-0.2, 0) is 16.1 Å². The number of rotatable bonds is 9. The minimum absolute atomic E-state index is 0.0135. The van der Waals surface area contributed by atoms with Gasteiger partial charge in [-0.15, -0.1) is 0 Å². The predicted octanol–water partition coefficient (Wildman–Crippen LogP) is 2.80. The van der Waals surface area contributed by atoms with Crippen molar-refractivity contribution < 1.29 is 14.1 Å². The second-order valence-corrected chi connectivity index (χ2v) is 7.24. The van der Waals surface area contributed by atoms with Gasteiger partial charge in [0.25, 0.3) is 0 Å². The normalized spacial score (nSPS) is 17.6. The molecule has 1 aromatic carbocycles. The highest BCUT2D eigenvalue weighted by Crippen LogP contribution is 2.22. The van der Waals surface area contributed by atoms with Gasteiger partial charge >= 0.3 is 0 Å². The summed E-state index contributed by atoms with van der Waals surface area (Å²) in [6, 6.07) is 8.00. The van der Waals surface area contributed by atoms with E-state index in [1.54, 1.807) is 0 Å². The first-order chi connectivity index (χ1) is 13.7. The number of carbonyl (C=O) groups excluding carboxylic acids is 1. The van der Waals surface area contributed by atoms with E-state index in [4.69, 9.17) is 9.26 Å². The molecule has 3 rings (SSSR count). The van der Waals surface area contributed by atoms with Crippen LogP contribution in [0.2, 0.25) is 0 Å². The zero-order chi connectivity index (χ0) is 19.8. The van der Waals surface area contributed by atoms with Crippen LogP contribution in [0.4, 0.5) is 0 Å². The maximum absolute atomic E-state index is 12.4. The van der Waals surface area contributed by atoms with E-state index in [0.29, 0.717) is 38.0 Å². The lowest BCUT2D eigenvalue weighted by atomic mass is 9.97. The molecule has 1 aliphatic heterocycles. The van der Waals surface area contributed by atoms with Crippen LogP contribution in [0.1, 0.15) is 37.6 Å². The molecule has 0 saturated carbocycles. The second kappa shape index (κ2) is 10.3. The summed E-state index contributed by atoms with van der Waals surface area (Å²) >= 11 is 0. The quantitative estimate of drug-likeness (QED) is 0.668. The summed E-state index contributed by atoms with van der Waals surface area (Å²) in [4.78, 5) is 19.2. The lowest BCUT2D eigenvalue weighted by molar-refractivity contribution is -0.126. The molecular formula is C21H30N4O3. The Hall–Kier alpha value is -2.25. The number of likely N-dealkylation sites (tertiary alicyclic amines) is 1. The smallest absolute Gasteiger partial charge is 0.241 e. The van der Waals surface area contributed by atoms with E-state index in [2.05, 4.69) is 20.4 Å². The lowest BCUT2D eigenvalue weighted by Crippen LogP contribution is -2.43. The number of aromatic nitrogens is 2. The largest absolute Gasteiger partial charge is 0.382 e. The number of hydrogen-bond acceptors (Lipinski definition) is 6. The van der Waals surface area contributed by atoms with E-state index in [1.165, 1.54) is 0 Å². The maximum Gasteiger partial charge on any atom is 0.241 e. The van der Waals surface area contributed by atoms with Gasteiger partial charge in [-0.25, -0.2) is 0 Å². The lowest BCUT2D eigenvalue weighted by Gasteiger charge is -2.30. The monoisotopic (exact) mass is 386 g/mol. The number of carbonyl (C=O) groups is 1. The van der Waals surface area contributed by atoms with Gasteiger partial charge < -0.3 is 14.6 Å². The van der Waals surface area contributed by atoms with Gasteiger partial charge in [0.1, 0.15) is 0 Å². The molecule has 1 saturated heterocycles. The number of ether oxygens (including phenoxy) is 1. The fraction of sp³-hybridized carbons (Fsp3) is 0.571. The fourth-order valence-electron chi connectivity index (χ4n) is 3.53. The summed E-state index contributed by atoms with van der Waals surface area (Å²) in [5.41, 5.74) is 2.11. The molecule has 2 heterocycles. The van der Waals surface area contributed by atoms with E-state index in [1.807, 2.05) is 38.1 Å². The summed E-state index contributed by atoms with van der Waals surface area (Å²) in [5, 5.41) is 7.16. The van der Waals surface area contributed by atoms with Gasteiger partial charge in [-0.3, -0.25) is 9.69 Å². The van der Waals surface area contributed by atoms with Gasteiger partial charge in [-0.2, -0.15) is 4.98 Å². The molecule has 0 spiro atoms. The van der Waals surface area contributed by atoms with Crippen molar-refractivity contribution in [2.75, 3.05) is 32.8 Å². The van der Waals surface area contributed by atoms with Crippen molar-refractivity contribution in [1.29, 1.82) is 0 Å². The zero-order valence-corrected chi connectivity index (χ0v) is 16.8. The van der Waals surface area contributed by atoms with Crippen molar-refractivity contribution in [2.24, 2.45) is 5.92 Å². The van der Waals surface area contributed by atoms with E-state index >= 15 is 0 Å². The highest BCUT2D eigenvalue weighted by molar-refractivity contribution is 5.78. The van der Waals surface area contributed by atoms with Crippen LogP contribution in [-0.4, -0.2) is 53.8 Å². The Morgan fingerprint density at radius 2 is 2.25 bits per heavy atom. The van der Waals surface area contributed by atoms with Crippen LogP contribution in [0.15, 0.2) is 28.8 Å². The Kier molecular flexibility index (Phi) is 7.56. The van der Waals surface area contributed by atoms with E-state index in [0.717, 1.165) is 43.5 Å². The Bertz CT molecular complexity index is 762. The molecule has 1 fully saturated rings. The Labute approximate surface area is 166 Å². The minimum Gasteiger partial charge on any atom is -0.382 e. The maximum atomic E-state index is 12.4. The number of hydrogen-bond donors (Lipinski definition) is 1. The molecule has 1 unspecified atom stereocenters. The number of benzene rings is 1. The third-order valence-corrected chi connectivity index (χ3v) is 5.06. The van der Waals surface area contributed by atoms with Gasteiger partial charge in [0.15, 0.2) is 0 Å². The molecule has 1 aliphatic rings. The molecular weight excluding hydrogens is 356 g/mol. The number of nitrogens with zero attached hydrogens (tertiary/aromatic N) is 3. The van der Waals surface area contributed by atoms with Gasteiger partial charge in [-0.05, 0) is 45.2 Å². The molecule has 1 aromatic heterocycles. The molecule has 28 heavy (non-hydrogen) atoms. The average Bonchev–Trinajstić information content (AvgIpc) is 3.16. The SMILES string of the molecule is CCOCCCNC(=O)C1CCCN(Cc2nc(-c3ccccc3C)no2)C1. The van der Waals surface area contributed by atoms with Crippen LogP contribution < -0.4 is 5.32 Å². The molecule has 7 nitrogen and oxygen atoms in total. The first-order valence-electron chi connectivity index (χ1n) is 10.1. The number of aryl methyl sites for hydroxylation is 1. The molecule has 0 bridgehead atoms. The molecule has 1 atom stereocenters. The summed E-state index contributed by atoms with van der Waals surface area (Å²) in [6.45, 7) is 8.32. The van der Waals surface area contributed by atoms with Gasteiger partial charge in [0, 0.05) is 31.9 Å². The Morgan fingerprint density at radius 3 is 3.07 bits per heavy atom. The van der Waals surface area contributed by atoms with Crippen molar-refractivity contribution in [1.82, 2.24) is 20.4 Å². The topological polar surface area (TPSA) is 80.5 Å². The van der Waals surface area contributed by atoms with Crippen molar-refractivity contribution in [3.05, 3.63) is 35.7 Å².